The topological polar surface area (TPSA) is 118 Å². The second kappa shape index (κ2) is 6.56. The summed E-state index contributed by atoms with van der Waals surface area (Å²) in [5, 5.41) is 7.54. The zero-order valence-electron chi connectivity index (χ0n) is 14.2. The van der Waals surface area contributed by atoms with Gasteiger partial charge < -0.3 is 15.4 Å². The van der Waals surface area contributed by atoms with Crippen molar-refractivity contribution in [2.24, 2.45) is 5.73 Å². The van der Waals surface area contributed by atoms with Crippen LogP contribution in [0.5, 0.6) is 5.75 Å². The second-order valence-electron chi connectivity index (χ2n) is 6.20. The van der Waals surface area contributed by atoms with Crippen LogP contribution in [-0.2, 0) is 16.0 Å². The fourth-order valence-electron chi connectivity index (χ4n) is 3.16. The highest BCUT2D eigenvalue weighted by Gasteiger charge is 2.32. The van der Waals surface area contributed by atoms with Crippen molar-refractivity contribution in [1.29, 1.82) is 0 Å². The average molecular weight is 364 g/mol. The number of para-hydroxylation sites is 2. The predicted octanol–water partition coefficient (Wildman–Crippen LogP) is 0.745. The van der Waals surface area contributed by atoms with Crippen LogP contribution < -0.4 is 20.9 Å². The van der Waals surface area contributed by atoms with Crippen LogP contribution in [0.3, 0.4) is 0 Å². The van der Waals surface area contributed by atoms with Crippen LogP contribution in [0.1, 0.15) is 5.69 Å². The van der Waals surface area contributed by atoms with Crippen molar-refractivity contribution >= 4 is 28.3 Å². The lowest BCUT2D eigenvalue weighted by atomic mass is 10.1. The molecule has 0 spiro atoms. The largest absolute Gasteiger partial charge is 0.477 e. The molecular formula is C19H16N4O4. The van der Waals surface area contributed by atoms with Crippen molar-refractivity contribution in [3.63, 3.8) is 0 Å². The van der Waals surface area contributed by atoms with Crippen molar-refractivity contribution < 1.29 is 14.3 Å². The normalized spacial score (nSPS) is 15.9. The number of benzene rings is 2. The van der Waals surface area contributed by atoms with Gasteiger partial charge in [-0.25, -0.2) is 5.10 Å². The molecule has 3 aromatic rings. The summed E-state index contributed by atoms with van der Waals surface area (Å²) >= 11 is 0. The van der Waals surface area contributed by atoms with Gasteiger partial charge in [-0.05, 0) is 18.2 Å². The molecule has 2 heterocycles. The number of fused-ring (bicyclic) bond motifs is 2. The Morgan fingerprint density at radius 3 is 2.63 bits per heavy atom. The summed E-state index contributed by atoms with van der Waals surface area (Å²) in [4.78, 5) is 38.0. The number of carbonyl (C=O) groups is 2. The molecule has 4 rings (SSSR count). The van der Waals surface area contributed by atoms with E-state index in [9.17, 15) is 14.4 Å². The minimum absolute atomic E-state index is 0.0203. The number of primary amides is 1. The van der Waals surface area contributed by atoms with Gasteiger partial charge in [-0.1, -0.05) is 30.3 Å². The molecule has 1 unspecified atom stereocenters. The van der Waals surface area contributed by atoms with Crippen LogP contribution in [0.2, 0.25) is 0 Å². The Bertz CT molecular complexity index is 1110. The molecule has 0 aliphatic carbocycles. The van der Waals surface area contributed by atoms with Crippen LogP contribution >= 0.6 is 0 Å². The van der Waals surface area contributed by atoms with Gasteiger partial charge in [0.25, 0.3) is 11.5 Å². The molecule has 0 fully saturated rings. The third-order valence-electron chi connectivity index (χ3n) is 4.49. The van der Waals surface area contributed by atoms with Crippen LogP contribution in [0, 0.1) is 0 Å². The predicted molar refractivity (Wildman–Crippen MR) is 98.5 cm³/mol. The first-order valence-corrected chi connectivity index (χ1v) is 8.36. The summed E-state index contributed by atoms with van der Waals surface area (Å²) in [6.45, 7) is 0.0203. The van der Waals surface area contributed by atoms with Crippen LogP contribution in [0.25, 0.3) is 10.8 Å². The molecular weight excluding hydrogens is 348 g/mol. The fourth-order valence-corrected chi connectivity index (χ4v) is 3.16. The highest BCUT2D eigenvalue weighted by Crippen LogP contribution is 2.33. The first-order valence-electron chi connectivity index (χ1n) is 8.36. The Kier molecular flexibility index (Phi) is 4.08. The Morgan fingerprint density at radius 2 is 1.85 bits per heavy atom. The van der Waals surface area contributed by atoms with E-state index in [1.807, 2.05) is 0 Å². The number of ether oxygens (including phenoxy) is 1. The van der Waals surface area contributed by atoms with E-state index in [2.05, 4.69) is 10.2 Å². The molecule has 1 aliphatic rings. The van der Waals surface area contributed by atoms with Crippen LogP contribution in [-0.4, -0.2) is 34.7 Å². The molecule has 1 atom stereocenters. The molecule has 1 aliphatic heterocycles. The summed E-state index contributed by atoms with van der Waals surface area (Å²) in [7, 11) is 0. The minimum atomic E-state index is -0.927. The van der Waals surface area contributed by atoms with Gasteiger partial charge in [0.2, 0.25) is 5.91 Å². The fraction of sp³-hybridized carbons (Fsp3) is 0.158. The Hall–Kier alpha value is -3.68. The number of aromatic amines is 1. The first-order chi connectivity index (χ1) is 13.0. The third kappa shape index (κ3) is 3.01. The average Bonchev–Trinajstić information content (AvgIpc) is 2.69. The second-order valence-corrected chi connectivity index (χ2v) is 6.20. The highest BCUT2D eigenvalue weighted by atomic mass is 16.5. The molecule has 136 valence electrons. The number of H-pyrrole nitrogens is 1. The molecule has 3 N–H and O–H groups in total. The minimum Gasteiger partial charge on any atom is -0.477 e. The molecule has 0 bridgehead atoms. The van der Waals surface area contributed by atoms with E-state index in [0.717, 1.165) is 0 Å². The number of hydrogen-bond acceptors (Lipinski definition) is 5. The smallest absolute Gasteiger partial charge is 0.272 e. The van der Waals surface area contributed by atoms with E-state index in [1.165, 1.54) is 4.90 Å². The molecule has 0 saturated carbocycles. The van der Waals surface area contributed by atoms with Crippen molar-refractivity contribution in [1.82, 2.24) is 10.2 Å². The van der Waals surface area contributed by atoms with Gasteiger partial charge in [-0.15, -0.1) is 0 Å². The standard InChI is InChI=1S/C19H16N4O4/c20-18(25)16-10-23(14-7-3-4-8-15(14)27-16)17(24)9-13-11-5-1-2-6-12(11)19(26)22-21-13/h1-8,16H,9-10H2,(H2,20,25)(H,22,26). The van der Waals surface area contributed by atoms with E-state index in [-0.39, 0.29) is 24.4 Å². The first kappa shape index (κ1) is 16.8. The lowest BCUT2D eigenvalue weighted by molar-refractivity contribution is -0.125. The molecule has 2 amide bonds. The monoisotopic (exact) mass is 364 g/mol. The Balaban J connectivity index is 1.70. The molecule has 0 radical (unpaired) electrons. The number of nitrogens with one attached hydrogen (secondary N) is 1. The lowest BCUT2D eigenvalue weighted by Gasteiger charge is -2.33. The molecule has 27 heavy (non-hydrogen) atoms. The molecule has 8 nitrogen and oxygen atoms in total. The van der Waals surface area contributed by atoms with Crippen molar-refractivity contribution in [2.45, 2.75) is 12.5 Å². The number of aromatic nitrogens is 2. The van der Waals surface area contributed by atoms with Crippen molar-refractivity contribution in [3.05, 3.63) is 64.6 Å². The zero-order chi connectivity index (χ0) is 19.0. The Labute approximate surface area is 153 Å². The zero-order valence-corrected chi connectivity index (χ0v) is 14.2. The van der Waals surface area contributed by atoms with Gasteiger partial charge in [0, 0.05) is 5.39 Å². The summed E-state index contributed by atoms with van der Waals surface area (Å²) in [6, 6.07) is 13.9. The number of nitrogens with two attached hydrogens (primary N) is 1. The van der Waals surface area contributed by atoms with E-state index < -0.39 is 12.0 Å². The van der Waals surface area contributed by atoms with Crippen molar-refractivity contribution in [3.8, 4) is 5.75 Å². The van der Waals surface area contributed by atoms with E-state index in [4.69, 9.17) is 10.5 Å². The summed E-state index contributed by atoms with van der Waals surface area (Å²) in [6.07, 6.45) is -0.971. The number of anilines is 1. The number of rotatable bonds is 3. The lowest BCUT2D eigenvalue weighted by Crippen LogP contribution is -2.49. The number of hydrogen-bond donors (Lipinski definition) is 2. The van der Waals surface area contributed by atoms with E-state index >= 15 is 0 Å². The molecule has 8 heteroatoms. The van der Waals surface area contributed by atoms with Gasteiger partial charge in [0.15, 0.2) is 6.10 Å². The van der Waals surface area contributed by atoms with Gasteiger partial charge in [0.05, 0.1) is 29.7 Å². The van der Waals surface area contributed by atoms with Crippen LogP contribution in [0.15, 0.2) is 53.3 Å². The number of amides is 2. The van der Waals surface area contributed by atoms with Gasteiger partial charge in [-0.2, -0.15) is 5.10 Å². The van der Waals surface area contributed by atoms with Gasteiger partial charge in [0.1, 0.15) is 5.75 Å². The maximum Gasteiger partial charge on any atom is 0.272 e. The van der Waals surface area contributed by atoms with Crippen LogP contribution in [0.4, 0.5) is 5.69 Å². The quantitative estimate of drug-likeness (QED) is 0.711. The van der Waals surface area contributed by atoms with Crippen molar-refractivity contribution in [2.75, 3.05) is 11.4 Å². The molecule has 2 aromatic carbocycles. The maximum absolute atomic E-state index is 13.0. The van der Waals surface area contributed by atoms with Gasteiger partial charge in [-0.3, -0.25) is 14.4 Å². The van der Waals surface area contributed by atoms with Gasteiger partial charge >= 0.3 is 0 Å². The van der Waals surface area contributed by atoms with E-state index in [1.54, 1.807) is 48.5 Å². The number of nitrogens with zero attached hydrogens (tertiary/aromatic N) is 2. The maximum atomic E-state index is 13.0. The van der Waals surface area contributed by atoms with E-state index in [0.29, 0.717) is 27.9 Å². The summed E-state index contributed by atoms with van der Waals surface area (Å²) in [5.41, 5.74) is 6.08. The number of carbonyl (C=O) groups excluding carboxylic acids is 2. The Morgan fingerprint density at radius 1 is 1.15 bits per heavy atom. The summed E-state index contributed by atoms with van der Waals surface area (Å²) < 4.78 is 5.58. The highest BCUT2D eigenvalue weighted by molar-refractivity contribution is 5.99. The summed E-state index contributed by atoms with van der Waals surface area (Å²) in [5.74, 6) is -0.503. The molecule has 1 aromatic heterocycles. The third-order valence-corrected chi connectivity index (χ3v) is 4.49. The molecule has 0 saturated heterocycles. The SMILES string of the molecule is NC(=O)C1CN(C(=O)Cc2n[nH]c(=O)c3ccccc23)c2ccccc2O1.